The Morgan fingerprint density at radius 1 is 1.19 bits per heavy atom. The van der Waals surface area contributed by atoms with E-state index < -0.39 is 29.7 Å². The molecule has 0 saturated heterocycles. The van der Waals surface area contributed by atoms with E-state index >= 15 is 0 Å². The van der Waals surface area contributed by atoms with Crippen molar-refractivity contribution in [2.45, 2.75) is 31.7 Å². The lowest BCUT2D eigenvalue weighted by Crippen LogP contribution is -2.45. The minimum atomic E-state index is -0.937. The maximum absolute atomic E-state index is 13.4. The van der Waals surface area contributed by atoms with Gasteiger partial charge in [-0.15, -0.1) is 0 Å². The molecule has 1 aliphatic rings. The van der Waals surface area contributed by atoms with Crippen molar-refractivity contribution in [3.8, 4) is 0 Å². The first kappa shape index (κ1) is 16.0. The molecule has 4 nitrogen and oxygen atoms in total. The maximum atomic E-state index is 13.4. The topological polar surface area (TPSA) is 66.4 Å². The van der Waals surface area contributed by atoms with Gasteiger partial charge in [0.2, 0.25) is 0 Å². The van der Waals surface area contributed by atoms with Crippen molar-refractivity contribution in [3.05, 3.63) is 33.6 Å². The Bertz CT molecular complexity index is 580. The lowest BCUT2D eigenvalue weighted by molar-refractivity contribution is -0.143. The number of carbonyl (C=O) groups is 2. The molecule has 1 aromatic rings. The highest BCUT2D eigenvalue weighted by molar-refractivity contribution is 6.36. The standard InChI is InChI=1S/C14H14Cl2FNO3/c15-9-6-10(16)11(17)5-8(9)13(19)18-12-4-2-1-3-7(12)14(20)21/h5-7,12H,1-4H2,(H,18,19)(H,20,21). The van der Waals surface area contributed by atoms with Crippen molar-refractivity contribution in [2.24, 2.45) is 5.92 Å². The normalized spacial score (nSPS) is 21.9. The van der Waals surface area contributed by atoms with Crippen LogP contribution < -0.4 is 5.32 Å². The van der Waals surface area contributed by atoms with E-state index in [9.17, 15) is 19.1 Å². The zero-order valence-electron chi connectivity index (χ0n) is 11.0. The van der Waals surface area contributed by atoms with E-state index in [2.05, 4.69) is 5.32 Å². The molecule has 1 aromatic carbocycles. The van der Waals surface area contributed by atoms with E-state index in [1.54, 1.807) is 0 Å². The van der Waals surface area contributed by atoms with Gasteiger partial charge in [0, 0.05) is 6.04 Å². The highest BCUT2D eigenvalue weighted by Gasteiger charge is 2.32. The molecule has 1 aliphatic carbocycles. The number of carboxylic acid groups (broad SMARTS) is 1. The van der Waals surface area contributed by atoms with E-state index in [0.717, 1.165) is 25.0 Å². The van der Waals surface area contributed by atoms with Gasteiger partial charge in [-0.05, 0) is 25.0 Å². The van der Waals surface area contributed by atoms with Crippen molar-refractivity contribution < 1.29 is 19.1 Å². The molecule has 2 rings (SSSR count). The van der Waals surface area contributed by atoms with Gasteiger partial charge in [-0.25, -0.2) is 4.39 Å². The average Bonchev–Trinajstić information content (AvgIpc) is 2.43. The first-order valence-corrected chi connectivity index (χ1v) is 7.34. The summed E-state index contributed by atoms with van der Waals surface area (Å²) in [6.07, 6.45) is 2.76. The number of amides is 1. The summed E-state index contributed by atoms with van der Waals surface area (Å²) in [5, 5.41) is 11.7. The number of aliphatic carboxylic acids is 1. The van der Waals surface area contributed by atoms with Gasteiger partial charge >= 0.3 is 5.97 Å². The van der Waals surface area contributed by atoms with Crippen LogP contribution in [0.5, 0.6) is 0 Å². The van der Waals surface area contributed by atoms with Gasteiger partial charge in [-0.1, -0.05) is 36.0 Å². The van der Waals surface area contributed by atoms with Crippen LogP contribution in [-0.2, 0) is 4.79 Å². The Labute approximate surface area is 131 Å². The highest BCUT2D eigenvalue weighted by Crippen LogP contribution is 2.27. The van der Waals surface area contributed by atoms with Crippen LogP contribution in [0.3, 0.4) is 0 Å². The number of halogens is 3. The SMILES string of the molecule is O=C(NC1CCCCC1C(=O)O)c1cc(F)c(Cl)cc1Cl. The van der Waals surface area contributed by atoms with Crippen molar-refractivity contribution in [2.75, 3.05) is 0 Å². The maximum Gasteiger partial charge on any atom is 0.308 e. The zero-order valence-corrected chi connectivity index (χ0v) is 12.5. The second-order valence-electron chi connectivity index (χ2n) is 5.06. The Kier molecular flexibility index (Phi) is 5.06. The van der Waals surface area contributed by atoms with Gasteiger partial charge in [0.15, 0.2) is 0 Å². The van der Waals surface area contributed by atoms with Gasteiger partial charge < -0.3 is 10.4 Å². The van der Waals surface area contributed by atoms with E-state index in [4.69, 9.17) is 23.2 Å². The molecule has 7 heteroatoms. The zero-order chi connectivity index (χ0) is 15.6. The lowest BCUT2D eigenvalue weighted by Gasteiger charge is -2.29. The fraction of sp³-hybridized carbons (Fsp3) is 0.429. The number of hydrogen-bond donors (Lipinski definition) is 2. The van der Waals surface area contributed by atoms with Crippen molar-refractivity contribution in [3.63, 3.8) is 0 Å². The fourth-order valence-corrected chi connectivity index (χ4v) is 3.01. The van der Waals surface area contributed by atoms with Crippen molar-refractivity contribution in [1.82, 2.24) is 5.32 Å². The van der Waals surface area contributed by atoms with Crippen LogP contribution >= 0.6 is 23.2 Å². The van der Waals surface area contributed by atoms with Crippen LogP contribution in [-0.4, -0.2) is 23.0 Å². The number of carboxylic acids is 1. The van der Waals surface area contributed by atoms with E-state index in [-0.39, 0.29) is 15.6 Å². The van der Waals surface area contributed by atoms with Crippen molar-refractivity contribution in [1.29, 1.82) is 0 Å². The molecule has 21 heavy (non-hydrogen) atoms. The third-order valence-electron chi connectivity index (χ3n) is 3.65. The molecule has 0 heterocycles. The van der Waals surface area contributed by atoms with Gasteiger partial charge in [-0.3, -0.25) is 9.59 Å². The minimum absolute atomic E-state index is 0.0292. The quantitative estimate of drug-likeness (QED) is 0.832. The fourth-order valence-electron chi connectivity index (χ4n) is 2.54. The average molecular weight is 334 g/mol. The largest absolute Gasteiger partial charge is 0.481 e. The second kappa shape index (κ2) is 6.62. The number of nitrogens with one attached hydrogen (secondary N) is 1. The molecule has 0 aliphatic heterocycles. The van der Waals surface area contributed by atoms with Crippen LogP contribution in [0, 0.1) is 11.7 Å². The predicted octanol–water partition coefficient (Wildman–Crippen LogP) is 3.51. The first-order chi connectivity index (χ1) is 9.90. The van der Waals surface area contributed by atoms with Gasteiger partial charge in [0.05, 0.1) is 21.5 Å². The van der Waals surface area contributed by atoms with Gasteiger partial charge in [0.1, 0.15) is 5.82 Å². The Morgan fingerprint density at radius 3 is 2.52 bits per heavy atom. The van der Waals surface area contributed by atoms with Crippen LogP contribution in [0.4, 0.5) is 4.39 Å². The first-order valence-electron chi connectivity index (χ1n) is 6.58. The van der Waals surface area contributed by atoms with Crippen LogP contribution in [0.25, 0.3) is 0 Å². The third kappa shape index (κ3) is 3.66. The summed E-state index contributed by atoms with van der Waals surface area (Å²) < 4.78 is 13.4. The Balaban J connectivity index is 2.17. The van der Waals surface area contributed by atoms with Gasteiger partial charge in [-0.2, -0.15) is 0 Å². The summed E-state index contributed by atoms with van der Waals surface area (Å²) in [4.78, 5) is 23.4. The predicted molar refractivity (Wildman–Crippen MR) is 77.3 cm³/mol. The molecule has 1 fully saturated rings. The molecule has 2 unspecified atom stereocenters. The van der Waals surface area contributed by atoms with Gasteiger partial charge in [0.25, 0.3) is 5.91 Å². The van der Waals surface area contributed by atoms with Crippen LogP contribution in [0.15, 0.2) is 12.1 Å². The van der Waals surface area contributed by atoms with E-state index in [1.165, 1.54) is 0 Å². The molecule has 0 bridgehead atoms. The number of hydrogen-bond acceptors (Lipinski definition) is 2. The smallest absolute Gasteiger partial charge is 0.308 e. The summed E-state index contributed by atoms with van der Waals surface area (Å²) in [6, 6.07) is 1.64. The Hall–Kier alpha value is -1.33. The molecular weight excluding hydrogens is 320 g/mol. The van der Waals surface area contributed by atoms with E-state index in [1.807, 2.05) is 0 Å². The van der Waals surface area contributed by atoms with Crippen molar-refractivity contribution >= 4 is 35.1 Å². The molecule has 1 amide bonds. The molecule has 0 radical (unpaired) electrons. The number of carbonyl (C=O) groups excluding carboxylic acids is 1. The molecule has 0 aromatic heterocycles. The Morgan fingerprint density at radius 2 is 1.86 bits per heavy atom. The number of rotatable bonds is 3. The summed E-state index contributed by atoms with van der Waals surface area (Å²) >= 11 is 11.5. The highest BCUT2D eigenvalue weighted by atomic mass is 35.5. The summed E-state index contributed by atoms with van der Waals surface area (Å²) in [7, 11) is 0. The molecule has 2 atom stereocenters. The molecular formula is C14H14Cl2FNO3. The summed E-state index contributed by atoms with van der Waals surface area (Å²) in [5.74, 6) is -2.90. The molecule has 2 N–H and O–H groups in total. The molecule has 114 valence electrons. The third-order valence-corrected chi connectivity index (χ3v) is 4.26. The molecule has 1 saturated carbocycles. The summed E-state index contributed by atoms with van der Waals surface area (Å²) in [6.45, 7) is 0. The van der Waals surface area contributed by atoms with E-state index in [0.29, 0.717) is 12.8 Å². The monoisotopic (exact) mass is 333 g/mol. The second-order valence-corrected chi connectivity index (χ2v) is 5.87. The molecule has 0 spiro atoms. The number of benzene rings is 1. The minimum Gasteiger partial charge on any atom is -0.481 e. The summed E-state index contributed by atoms with van der Waals surface area (Å²) in [5.41, 5.74) is -0.0479. The van der Waals surface area contributed by atoms with Crippen LogP contribution in [0.2, 0.25) is 10.0 Å². The lowest BCUT2D eigenvalue weighted by atomic mass is 9.84. The van der Waals surface area contributed by atoms with Crippen LogP contribution in [0.1, 0.15) is 36.0 Å².